The SMILES string of the molecule is COc1nn(C(C)C(=O)NNC(=O)Nc2ccc(F)c(Cl)c2)cc1[N+](=O)[O-]. The number of carbonyl (C=O) groups is 2. The van der Waals surface area contributed by atoms with E-state index in [-0.39, 0.29) is 16.6 Å². The first-order valence-corrected chi connectivity index (χ1v) is 7.70. The van der Waals surface area contributed by atoms with Crippen molar-refractivity contribution in [1.29, 1.82) is 0 Å². The Balaban J connectivity index is 1.95. The highest BCUT2D eigenvalue weighted by molar-refractivity contribution is 6.31. The van der Waals surface area contributed by atoms with Crippen molar-refractivity contribution in [2.45, 2.75) is 13.0 Å². The minimum atomic E-state index is -0.992. The Bertz CT molecular complexity index is 889. The first-order chi connectivity index (χ1) is 12.7. The molecule has 0 fully saturated rings. The van der Waals surface area contributed by atoms with Crippen molar-refractivity contribution in [1.82, 2.24) is 20.6 Å². The fourth-order valence-corrected chi connectivity index (χ4v) is 2.09. The molecule has 1 unspecified atom stereocenters. The second-order valence-corrected chi connectivity index (χ2v) is 5.54. The van der Waals surface area contributed by atoms with Crippen LogP contribution in [0.3, 0.4) is 0 Å². The van der Waals surface area contributed by atoms with Crippen molar-refractivity contribution >= 4 is 34.9 Å². The number of carbonyl (C=O) groups excluding carboxylic acids is 2. The summed E-state index contributed by atoms with van der Waals surface area (Å²) in [6, 6.07) is 1.72. The highest BCUT2D eigenvalue weighted by atomic mass is 35.5. The molecular weight excluding hydrogens is 387 g/mol. The van der Waals surface area contributed by atoms with Crippen molar-refractivity contribution in [3.63, 3.8) is 0 Å². The van der Waals surface area contributed by atoms with E-state index < -0.39 is 34.4 Å². The summed E-state index contributed by atoms with van der Waals surface area (Å²) in [6.07, 6.45) is 1.03. The molecule has 1 aromatic heterocycles. The molecule has 1 heterocycles. The first kappa shape index (κ1) is 19.9. The number of halogens is 2. The number of nitro groups is 1. The molecule has 2 aromatic rings. The fourth-order valence-electron chi connectivity index (χ4n) is 1.91. The van der Waals surface area contributed by atoms with E-state index in [9.17, 15) is 24.1 Å². The van der Waals surface area contributed by atoms with Gasteiger partial charge in [-0.1, -0.05) is 11.6 Å². The lowest BCUT2D eigenvalue weighted by Gasteiger charge is -2.13. The summed E-state index contributed by atoms with van der Waals surface area (Å²) in [5.41, 5.74) is 4.00. The zero-order chi connectivity index (χ0) is 20.1. The van der Waals surface area contributed by atoms with Crippen LogP contribution in [-0.4, -0.2) is 33.8 Å². The summed E-state index contributed by atoms with van der Waals surface area (Å²) >= 11 is 5.60. The number of urea groups is 1. The average Bonchev–Trinajstić information content (AvgIpc) is 3.07. The molecule has 0 radical (unpaired) electrons. The molecule has 0 spiro atoms. The maximum Gasteiger partial charge on any atom is 0.350 e. The van der Waals surface area contributed by atoms with Gasteiger partial charge in [0.1, 0.15) is 18.1 Å². The van der Waals surface area contributed by atoms with E-state index in [0.717, 1.165) is 16.9 Å². The largest absolute Gasteiger partial charge is 0.475 e. The molecule has 13 heteroatoms. The van der Waals surface area contributed by atoms with Gasteiger partial charge in [-0.2, -0.15) is 0 Å². The third-order valence-corrected chi connectivity index (χ3v) is 3.61. The summed E-state index contributed by atoms with van der Waals surface area (Å²) in [6.45, 7) is 1.41. The van der Waals surface area contributed by atoms with Gasteiger partial charge in [0.15, 0.2) is 0 Å². The lowest BCUT2D eigenvalue weighted by Crippen LogP contribution is -2.46. The van der Waals surface area contributed by atoms with Crippen molar-refractivity contribution in [3.8, 4) is 5.88 Å². The van der Waals surface area contributed by atoms with Crippen LogP contribution in [0.2, 0.25) is 5.02 Å². The minimum Gasteiger partial charge on any atom is -0.475 e. The van der Waals surface area contributed by atoms with E-state index in [1.807, 2.05) is 0 Å². The van der Waals surface area contributed by atoms with Crippen molar-refractivity contribution in [2.24, 2.45) is 0 Å². The van der Waals surface area contributed by atoms with E-state index >= 15 is 0 Å². The van der Waals surface area contributed by atoms with Gasteiger partial charge in [0, 0.05) is 5.69 Å². The number of ether oxygens (including phenoxy) is 1. The second kappa shape index (κ2) is 8.31. The van der Waals surface area contributed by atoms with Gasteiger partial charge in [-0.15, -0.1) is 5.10 Å². The summed E-state index contributed by atoms with van der Waals surface area (Å²) in [5, 5.41) is 16.8. The van der Waals surface area contributed by atoms with Crippen LogP contribution in [0.1, 0.15) is 13.0 Å². The van der Waals surface area contributed by atoms with Crippen LogP contribution >= 0.6 is 11.6 Å². The zero-order valence-electron chi connectivity index (χ0n) is 14.0. The van der Waals surface area contributed by atoms with Gasteiger partial charge in [-0.05, 0) is 25.1 Å². The van der Waals surface area contributed by atoms with E-state index in [1.54, 1.807) is 0 Å². The molecule has 0 aliphatic carbocycles. The normalized spacial score (nSPS) is 11.4. The smallest absolute Gasteiger partial charge is 0.350 e. The maximum atomic E-state index is 13.1. The number of rotatable bonds is 5. The van der Waals surface area contributed by atoms with Crippen LogP contribution in [0, 0.1) is 15.9 Å². The molecule has 0 saturated carbocycles. The van der Waals surface area contributed by atoms with Gasteiger partial charge in [-0.3, -0.25) is 20.3 Å². The topological polar surface area (TPSA) is 140 Å². The fraction of sp³-hybridized carbons (Fsp3) is 0.214. The highest BCUT2D eigenvalue weighted by Crippen LogP contribution is 2.25. The van der Waals surface area contributed by atoms with E-state index in [2.05, 4.69) is 21.3 Å². The highest BCUT2D eigenvalue weighted by Gasteiger charge is 2.25. The van der Waals surface area contributed by atoms with E-state index in [0.29, 0.717) is 0 Å². The Hall–Kier alpha value is -3.41. The van der Waals surface area contributed by atoms with Crippen molar-refractivity contribution < 1.29 is 23.6 Å². The van der Waals surface area contributed by atoms with Gasteiger partial charge >= 0.3 is 17.6 Å². The number of hydrogen-bond donors (Lipinski definition) is 3. The average molecular weight is 401 g/mol. The van der Waals surface area contributed by atoms with Crippen molar-refractivity contribution in [3.05, 3.63) is 45.4 Å². The van der Waals surface area contributed by atoms with Gasteiger partial charge in [0.2, 0.25) is 0 Å². The molecule has 0 saturated heterocycles. The van der Waals surface area contributed by atoms with Crippen LogP contribution in [-0.2, 0) is 4.79 Å². The quantitative estimate of drug-likeness (QED) is 0.518. The molecule has 1 atom stereocenters. The number of aromatic nitrogens is 2. The van der Waals surface area contributed by atoms with E-state index in [1.165, 1.54) is 26.2 Å². The Morgan fingerprint density at radius 3 is 2.67 bits per heavy atom. The van der Waals surface area contributed by atoms with Gasteiger partial charge < -0.3 is 10.1 Å². The van der Waals surface area contributed by atoms with E-state index in [4.69, 9.17) is 16.3 Å². The Morgan fingerprint density at radius 2 is 2.11 bits per heavy atom. The van der Waals surface area contributed by atoms with Crippen LogP contribution in [0.25, 0.3) is 0 Å². The summed E-state index contributed by atoms with van der Waals surface area (Å²) in [5.74, 6) is -1.60. The predicted octanol–water partition coefficient (Wildman–Crippen LogP) is 2.01. The molecule has 0 aliphatic rings. The number of nitrogens with one attached hydrogen (secondary N) is 3. The Labute approximate surface area is 156 Å². The number of hydrazine groups is 1. The van der Waals surface area contributed by atoms with Crippen LogP contribution in [0.5, 0.6) is 5.88 Å². The third kappa shape index (κ3) is 4.82. The Kier molecular flexibility index (Phi) is 6.13. The number of methoxy groups -OCH3 is 1. The number of amides is 3. The standard InChI is InChI=1S/C14H14ClFN6O5/c1-7(21-6-11(22(25)26)13(20-21)27-2)12(23)18-19-14(24)17-8-3-4-10(16)9(15)5-8/h3-7H,1-2H3,(H,18,23)(H2,17,19,24). The number of anilines is 1. The summed E-state index contributed by atoms with van der Waals surface area (Å²) in [7, 11) is 1.21. The van der Waals surface area contributed by atoms with Gasteiger partial charge in [0.25, 0.3) is 5.91 Å². The predicted molar refractivity (Wildman–Crippen MR) is 91.9 cm³/mol. The molecule has 0 aliphatic heterocycles. The van der Waals surface area contributed by atoms with Crippen LogP contribution in [0.4, 0.5) is 20.6 Å². The molecule has 3 N–H and O–H groups in total. The van der Waals surface area contributed by atoms with Crippen molar-refractivity contribution in [2.75, 3.05) is 12.4 Å². The molecule has 144 valence electrons. The second-order valence-electron chi connectivity index (χ2n) is 5.13. The van der Waals surface area contributed by atoms with Gasteiger partial charge in [0.05, 0.1) is 17.1 Å². The molecule has 11 nitrogen and oxygen atoms in total. The number of nitrogens with zero attached hydrogens (tertiary/aromatic N) is 3. The monoisotopic (exact) mass is 400 g/mol. The lowest BCUT2D eigenvalue weighted by molar-refractivity contribution is -0.385. The summed E-state index contributed by atoms with van der Waals surface area (Å²) in [4.78, 5) is 34.0. The summed E-state index contributed by atoms with van der Waals surface area (Å²) < 4.78 is 18.9. The van der Waals surface area contributed by atoms with Crippen LogP contribution in [0.15, 0.2) is 24.4 Å². The minimum absolute atomic E-state index is 0.181. The lowest BCUT2D eigenvalue weighted by atomic mass is 10.3. The van der Waals surface area contributed by atoms with Crippen LogP contribution < -0.4 is 20.9 Å². The molecule has 27 heavy (non-hydrogen) atoms. The van der Waals surface area contributed by atoms with Gasteiger partial charge in [-0.25, -0.2) is 19.3 Å². The zero-order valence-corrected chi connectivity index (χ0v) is 14.8. The molecule has 0 bridgehead atoms. The third-order valence-electron chi connectivity index (χ3n) is 3.32. The molecule has 2 rings (SSSR count). The number of benzene rings is 1. The number of hydrogen-bond acceptors (Lipinski definition) is 6. The molecule has 3 amide bonds. The molecule has 1 aromatic carbocycles. The Morgan fingerprint density at radius 1 is 1.41 bits per heavy atom. The molecular formula is C14H14ClFN6O5. The first-order valence-electron chi connectivity index (χ1n) is 7.32. The maximum absolute atomic E-state index is 13.1.